The fourth-order valence-corrected chi connectivity index (χ4v) is 2.96. The van der Waals surface area contributed by atoms with Crippen molar-refractivity contribution in [1.82, 2.24) is 9.78 Å². The first-order chi connectivity index (χ1) is 11.5. The maximum Gasteiger partial charge on any atom is 0.387 e. The minimum atomic E-state index is -2.89. The zero-order valence-corrected chi connectivity index (χ0v) is 14.5. The number of hydrogen-bond acceptors (Lipinski definition) is 4. The van der Waals surface area contributed by atoms with Crippen molar-refractivity contribution in [2.45, 2.75) is 6.61 Å². The minimum absolute atomic E-state index is 0.0485. The predicted molar refractivity (Wildman–Crippen MR) is 91.8 cm³/mol. The van der Waals surface area contributed by atoms with Gasteiger partial charge >= 0.3 is 12.6 Å². The summed E-state index contributed by atoms with van der Waals surface area (Å²) in [5, 5.41) is 5.18. The van der Waals surface area contributed by atoms with Crippen LogP contribution in [0, 0.1) is 3.70 Å². The van der Waals surface area contributed by atoms with Crippen LogP contribution in [0.15, 0.2) is 42.5 Å². The van der Waals surface area contributed by atoms with E-state index < -0.39 is 12.6 Å². The molecule has 0 amide bonds. The molecule has 24 heavy (non-hydrogen) atoms. The number of benzene rings is 2. The molecular weight excluding hydrogens is 433 g/mol. The number of aromatic nitrogens is 2. The van der Waals surface area contributed by atoms with Gasteiger partial charge in [0, 0.05) is 11.5 Å². The number of rotatable bonds is 4. The molecule has 1 heterocycles. The van der Waals surface area contributed by atoms with Crippen molar-refractivity contribution >= 4 is 39.5 Å². The Labute approximate surface area is 149 Å². The highest BCUT2D eigenvalue weighted by atomic mass is 127. The van der Waals surface area contributed by atoms with Gasteiger partial charge in [-0.15, -0.1) is 0 Å². The van der Waals surface area contributed by atoms with E-state index in [1.54, 1.807) is 35.0 Å². The molecule has 3 aromatic rings. The van der Waals surface area contributed by atoms with Crippen LogP contribution in [0.3, 0.4) is 0 Å². The van der Waals surface area contributed by atoms with E-state index >= 15 is 0 Å². The maximum absolute atomic E-state index is 12.4. The molecule has 8 heteroatoms. The van der Waals surface area contributed by atoms with Gasteiger partial charge in [0.15, 0.2) is 0 Å². The second-order valence-electron chi connectivity index (χ2n) is 4.80. The van der Waals surface area contributed by atoms with Crippen LogP contribution in [0.2, 0.25) is 0 Å². The quantitative estimate of drug-likeness (QED) is 0.451. The number of nitrogens with zero attached hydrogens (tertiary/aromatic N) is 2. The number of halogens is 3. The van der Waals surface area contributed by atoms with Crippen LogP contribution < -0.4 is 4.74 Å². The van der Waals surface area contributed by atoms with Crippen LogP contribution in [-0.2, 0) is 4.74 Å². The Morgan fingerprint density at radius 2 is 2.04 bits per heavy atom. The largest absolute Gasteiger partial charge is 0.465 e. The van der Waals surface area contributed by atoms with E-state index in [0.29, 0.717) is 15.0 Å². The lowest BCUT2D eigenvalue weighted by molar-refractivity contribution is -0.0498. The van der Waals surface area contributed by atoms with Gasteiger partial charge in [-0.3, -0.25) is 0 Å². The Bertz CT molecular complexity index is 911. The van der Waals surface area contributed by atoms with E-state index in [1.165, 1.54) is 19.2 Å². The zero-order valence-electron chi connectivity index (χ0n) is 12.4. The van der Waals surface area contributed by atoms with E-state index in [1.807, 2.05) is 0 Å². The maximum atomic E-state index is 12.4. The van der Waals surface area contributed by atoms with Crippen molar-refractivity contribution in [1.29, 1.82) is 0 Å². The number of hydrogen-bond donors (Lipinski definition) is 0. The molecule has 0 saturated heterocycles. The molecule has 0 aliphatic rings. The molecule has 0 bridgehead atoms. The summed E-state index contributed by atoms with van der Waals surface area (Å²) in [7, 11) is 1.31. The molecule has 1 aromatic heterocycles. The summed E-state index contributed by atoms with van der Waals surface area (Å²) in [6.07, 6.45) is 0. The number of esters is 1. The summed E-state index contributed by atoms with van der Waals surface area (Å²) in [5.74, 6) is -0.389. The molecule has 0 aliphatic heterocycles. The van der Waals surface area contributed by atoms with Gasteiger partial charge in [0.1, 0.15) is 9.45 Å². The molecule has 124 valence electrons. The lowest BCUT2D eigenvalue weighted by Crippen LogP contribution is -2.03. The average Bonchev–Trinajstić information content (AvgIpc) is 2.90. The van der Waals surface area contributed by atoms with Crippen molar-refractivity contribution in [3.8, 4) is 11.4 Å². The van der Waals surface area contributed by atoms with Gasteiger partial charge in [0.25, 0.3) is 0 Å². The molecule has 0 atom stereocenters. The van der Waals surface area contributed by atoms with E-state index in [2.05, 4.69) is 32.4 Å². The third-order valence-electron chi connectivity index (χ3n) is 3.34. The van der Waals surface area contributed by atoms with Gasteiger partial charge in [0.05, 0.1) is 23.9 Å². The Morgan fingerprint density at radius 3 is 2.75 bits per heavy atom. The summed E-state index contributed by atoms with van der Waals surface area (Å²) in [6, 6.07) is 11.3. The number of alkyl halides is 2. The van der Waals surface area contributed by atoms with Crippen molar-refractivity contribution in [3.05, 3.63) is 51.7 Å². The topological polar surface area (TPSA) is 53.3 Å². The second-order valence-corrected chi connectivity index (χ2v) is 5.82. The Kier molecular flexibility index (Phi) is 4.65. The molecule has 0 radical (unpaired) electrons. The number of fused-ring (bicyclic) bond motifs is 1. The summed E-state index contributed by atoms with van der Waals surface area (Å²) in [4.78, 5) is 11.7. The van der Waals surface area contributed by atoms with E-state index in [4.69, 9.17) is 4.74 Å². The van der Waals surface area contributed by atoms with E-state index in [0.717, 1.165) is 10.9 Å². The monoisotopic (exact) mass is 444 g/mol. The molecule has 0 N–H and O–H groups in total. The third kappa shape index (κ3) is 3.18. The van der Waals surface area contributed by atoms with Crippen LogP contribution >= 0.6 is 22.6 Å². The van der Waals surface area contributed by atoms with Crippen molar-refractivity contribution in [3.63, 3.8) is 0 Å². The zero-order chi connectivity index (χ0) is 17.3. The third-order valence-corrected chi connectivity index (χ3v) is 4.14. The Morgan fingerprint density at radius 1 is 1.25 bits per heavy atom. The molecule has 0 fully saturated rings. The molecule has 0 unspecified atom stereocenters. The number of carbonyl (C=O) groups excluding carboxylic acids is 1. The van der Waals surface area contributed by atoms with Gasteiger partial charge in [0.2, 0.25) is 0 Å². The number of carbonyl (C=O) groups is 1. The Balaban J connectivity index is 2.09. The average molecular weight is 444 g/mol. The van der Waals surface area contributed by atoms with Crippen molar-refractivity contribution < 1.29 is 23.0 Å². The molecule has 5 nitrogen and oxygen atoms in total. The summed E-state index contributed by atoms with van der Waals surface area (Å²) >= 11 is 2.05. The smallest absolute Gasteiger partial charge is 0.387 e. The van der Waals surface area contributed by atoms with E-state index in [-0.39, 0.29) is 5.75 Å². The van der Waals surface area contributed by atoms with Crippen molar-refractivity contribution in [2.75, 3.05) is 7.11 Å². The van der Waals surface area contributed by atoms with Gasteiger partial charge in [-0.25, -0.2) is 9.48 Å². The molecule has 2 aromatic carbocycles. The SMILES string of the molecule is COC(=O)c1ccc2c(c1)c(I)nn2-c1cccc(OC(F)F)c1. The first-order valence-electron chi connectivity index (χ1n) is 6.81. The fourth-order valence-electron chi connectivity index (χ4n) is 2.31. The normalized spacial score (nSPS) is 11.0. The number of methoxy groups -OCH3 is 1. The van der Waals surface area contributed by atoms with Crippen LogP contribution in [0.4, 0.5) is 8.78 Å². The lowest BCUT2D eigenvalue weighted by atomic mass is 10.1. The molecular formula is C16H11F2IN2O3. The van der Waals surface area contributed by atoms with Crippen LogP contribution in [0.25, 0.3) is 16.6 Å². The van der Waals surface area contributed by atoms with Gasteiger partial charge in [-0.2, -0.15) is 13.9 Å². The van der Waals surface area contributed by atoms with Crippen LogP contribution in [0.5, 0.6) is 5.75 Å². The molecule has 0 aliphatic carbocycles. The van der Waals surface area contributed by atoms with Gasteiger partial charge in [-0.1, -0.05) is 6.07 Å². The summed E-state index contributed by atoms with van der Waals surface area (Å²) in [5.41, 5.74) is 1.73. The van der Waals surface area contributed by atoms with Crippen LogP contribution in [0.1, 0.15) is 10.4 Å². The van der Waals surface area contributed by atoms with Crippen LogP contribution in [-0.4, -0.2) is 29.5 Å². The lowest BCUT2D eigenvalue weighted by Gasteiger charge is -2.08. The van der Waals surface area contributed by atoms with Gasteiger partial charge in [-0.05, 0) is 52.9 Å². The molecule has 3 rings (SSSR count). The summed E-state index contributed by atoms with van der Waals surface area (Å²) in [6.45, 7) is -2.89. The van der Waals surface area contributed by atoms with Crippen molar-refractivity contribution in [2.24, 2.45) is 0 Å². The van der Waals surface area contributed by atoms with E-state index in [9.17, 15) is 13.6 Å². The van der Waals surface area contributed by atoms with Gasteiger partial charge < -0.3 is 9.47 Å². The fraction of sp³-hybridized carbons (Fsp3) is 0.125. The first kappa shape index (κ1) is 16.6. The number of ether oxygens (including phenoxy) is 2. The highest BCUT2D eigenvalue weighted by Crippen LogP contribution is 2.26. The highest BCUT2D eigenvalue weighted by molar-refractivity contribution is 14.1. The first-order valence-corrected chi connectivity index (χ1v) is 7.89. The highest BCUT2D eigenvalue weighted by Gasteiger charge is 2.14. The Hall–Kier alpha value is -2.23. The standard InChI is InChI=1S/C16H11F2IN2O3/c1-23-15(22)9-5-6-13-12(7-9)14(19)20-21(13)10-3-2-4-11(8-10)24-16(17)18/h2-8,16H,1H3. The molecule has 0 spiro atoms. The second kappa shape index (κ2) is 6.71. The molecule has 0 saturated carbocycles. The predicted octanol–water partition coefficient (Wildman–Crippen LogP) is 4.02. The summed E-state index contributed by atoms with van der Waals surface area (Å²) < 4.78 is 36.2. The minimum Gasteiger partial charge on any atom is -0.465 e.